The van der Waals surface area contributed by atoms with Crippen LogP contribution in [0.4, 0.5) is 5.82 Å². The molecular formula is C11H18N4OS. The topological polar surface area (TPSA) is 56.3 Å². The van der Waals surface area contributed by atoms with Crippen molar-refractivity contribution in [3.05, 3.63) is 11.3 Å². The van der Waals surface area contributed by atoms with Gasteiger partial charge < -0.3 is 15.4 Å². The summed E-state index contributed by atoms with van der Waals surface area (Å²) in [6.45, 7) is 6.41. The molecule has 0 spiro atoms. The third-order valence-electron chi connectivity index (χ3n) is 2.98. The Kier molecular flexibility index (Phi) is 3.35. The summed E-state index contributed by atoms with van der Waals surface area (Å²) < 4.78 is 7.39. The molecule has 1 fully saturated rings. The molecule has 94 valence electrons. The maximum atomic E-state index is 5.79. The molecular weight excluding hydrogens is 236 g/mol. The summed E-state index contributed by atoms with van der Waals surface area (Å²) in [6, 6.07) is 0. The van der Waals surface area contributed by atoms with Crippen molar-refractivity contribution in [2.75, 3.05) is 24.6 Å². The van der Waals surface area contributed by atoms with Crippen molar-refractivity contribution in [2.24, 2.45) is 12.8 Å². The molecule has 6 heteroatoms. The molecule has 0 aliphatic carbocycles. The van der Waals surface area contributed by atoms with E-state index in [4.69, 9.17) is 22.7 Å². The Hall–Kier alpha value is -1.14. The van der Waals surface area contributed by atoms with E-state index >= 15 is 0 Å². The second-order valence-corrected chi connectivity index (χ2v) is 4.84. The lowest BCUT2D eigenvalue weighted by Crippen LogP contribution is -2.42. The fourth-order valence-corrected chi connectivity index (χ4v) is 2.55. The number of aryl methyl sites for hydroxylation is 2. The van der Waals surface area contributed by atoms with E-state index in [0.717, 1.165) is 36.8 Å². The van der Waals surface area contributed by atoms with Crippen LogP contribution < -0.4 is 10.6 Å². The molecule has 0 saturated carbocycles. The van der Waals surface area contributed by atoms with Crippen LogP contribution in [0.15, 0.2) is 0 Å². The Morgan fingerprint density at radius 3 is 2.88 bits per heavy atom. The van der Waals surface area contributed by atoms with Gasteiger partial charge in [0.1, 0.15) is 10.8 Å². The van der Waals surface area contributed by atoms with Crippen LogP contribution in [-0.2, 0) is 11.8 Å². The van der Waals surface area contributed by atoms with Gasteiger partial charge >= 0.3 is 0 Å². The number of thiocarbonyl (C=S) groups is 1. The Balaban J connectivity index is 2.40. The first-order valence-corrected chi connectivity index (χ1v) is 6.11. The van der Waals surface area contributed by atoms with Crippen molar-refractivity contribution in [3.63, 3.8) is 0 Å². The molecule has 17 heavy (non-hydrogen) atoms. The normalized spacial score (nSPS) is 20.6. The van der Waals surface area contributed by atoms with E-state index in [1.54, 1.807) is 0 Å². The van der Waals surface area contributed by atoms with Gasteiger partial charge in [0.05, 0.1) is 24.0 Å². The summed E-state index contributed by atoms with van der Waals surface area (Å²) in [5.74, 6) is 1.00. The van der Waals surface area contributed by atoms with E-state index in [9.17, 15) is 0 Å². The van der Waals surface area contributed by atoms with Gasteiger partial charge in [0.15, 0.2) is 0 Å². The molecule has 2 rings (SSSR count). The Morgan fingerprint density at radius 2 is 2.29 bits per heavy atom. The molecule has 0 bridgehead atoms. The maximum Gasteiger partial charge on any atom is 0.137 e. The van der Waals surface area contributed by atoms with Gasteiger partial charge in [-0.1, -0.05) is 12.2 Å². The van der Waals surface area contributed by atoms with E-state index in [1.165, 1.54) is 0 Å². The molecule has 1 aliphatic heterocycles. The van der Waals surface area contributed by atoms with Crippen LogP contribution in [0.25, 0.3) is 0 Å². The van der Waals surface area contributed by atoms with Crippen LogP contribution in [0.3, 0.4) is 0 Å². The lowest BCUT2D eigenvalue weighted by molar-refractivity contribution is 0.0527. The van der Waals surface area contributed by atoms with Crippen LogP contribution in [0.1, 0.15) is 18.2 Å². The summed E-state index contributed by atoms with van der Waals surface area (Å²) in [5.41, 5.74) is 7.56. The molecule has 5 nitrogen and oxygen atoms in total. The molecule has 1 aromatic rings. The number of nitrogens with two attached hydrogens (primary N) is 1. The molecule has 2 heterocycles. The maximum absolute atomic E-state index is 5.79. The summed E-state index contributed by atoms with van der Waals surface area (Å²) >= 11 is 5.12. The van der Waals surface area contributed by atoms with Crippen LogP contribution in [0, 0.1) is 6.92 Å². The largest absolute Gasteiger partial charge is 0.389 e. The van der Waals surface area contributed by atoms with Crippen molar-refractivity contribution >= 4 is 23.0 Å². The molecule has 0 radical (unpaired) electrons. The van der Waals surface area contributed by atoms with Gasteiger partial charge in [0, 0.05) is 20.1 Å². The molecule has 1 aromatic heterocycles. The summed E-state index contributed by atoms with van der Waals surface area (Å²) in [4.78, 5) is 2.65. The minimum absolute atomic E-state index is 0.221. The first kappa shape index (κ1) is 12.3. The smallest absolute Gasteiger partial charge is 0.137 e. The first-order chi connectivity index (χ1) is 8.00. The minimum Gasteiger partial charge on any atom is -0.389 e. The number of hydrogen-bond donors (Lipinski definition) is 1. The Bertz CT molecular complexity index is 443. The van der Waals surface area contributed by atoms with Gasteiger partial charge in [-0.05, 0) is 13.8 Å². The predicted molar refractivity (Wildman–Crippen MR) is 71.5 cm³/mol. The molecule has 1 saturated heterocycles. The van der Waals surface area contributed by atoms with E-state index in [1.807, 2.05) is 18.7 Å². The lowest BCUT2D eigenvalue weighted by Gasteiger charge is -2.33. The number of nitrogens with zero attached hydrogens (tertiary/aromatic N) is 3. The zero-order chi connectivity index (χ0) is 12.6. The average Bonchev–Trinajstić information content (AvgIpc) is 2.53. The Labute approximate surface area is 107 Å². The summed E-state index contributed by atoms with van der Waals surface area (Å²) in [6.07, 6.45) is 0.221. The number of hydrogen-bond acceptors (Lipinski definition) is 4. The fraction of sp³-hybridized carbons (Fsp3) is 0.636. The standard InChI is InChI=1S/C11H18N4OS/c1-7-6-15(4-5-16-7)11-9(10(12)17)8(2)13-14(11)3/h7H,4-6H2,1-3H3,(H2,12,17). The molecule has 1 atom stereocenters. The van der Waals surface area contributed by atoms with E-state index in [-0.39, 0.29) is 6.10 Å². The van der Waals surface area contributed by atoms with Gasteiger partial charge in [-0.2, -0.15) is 5.10 Å². The third-order valence-corrected chi connectivity index (χ3v) is 3.18. The van der Waals surface area contributed by atoms with Crippen LogP contribution in [-0.4, -0.2) is 40.6 Å². The average molecular weight is 254 g/mol. The highest BCUT2D eigenvalue weighted by Gasteiger charge is 2.25. The van der Waals surface area contributed by atoms with Gasteiger partial charge in [-0.25, -0.2) is 0 Å². The van der Waals surface area contributed by atoms with Gasteiger partial charge in [-0.15, -0.1) is 0 Å². The first-order valence-electron chi connectivity index (χ1n) is 5.70. The predicted octanol–water partition coefficient (Wildman–Crippen LogP) is 0.588. The van der Waals surface area contributed by atoms with Crippen LogP contribution in [0.2, 0.25) is 0 Å². The Morgan fingerprint density at radius 1 is 1.59 bits per heavy atom. The van der Waals surface area contributed by atoms with E-state index in [2.05, 4.69) is 16.9 Å². The second kappa shape index (κ2) is 4.62. The van der Waals surface area contributed by atoms with Crippen molar-refractivity contribution in [1.29, 1.82) is 0 Å². The van der Waals surface area contributed by atoms with Gasteiger partial charge in [-0.3, -0.25) is 4.68 Å². The van der Waals surface area contributed by atoms with E-state index in [0.29, 0.717) is 4.99 Å². The van der Waals surface area contributed by atoms with Crippen LogP contribution in [0.5, 0.6) is 0 Å². The second-order valence-electron chi connectivity index (χ2n) is 4.40. The molecule has 0 amide bonds. The van der Waals surface area contributed by atoms with Crippen molar-refractivity contribution < 1.29 is 4.74 Å². The molecule has 1 aliphatic rings. The molecule has 1 unspecified atom stereocenters. The molecule has 0 aromatic carbocycles. The van der Waals surface area contributed by atoms with Crippen molar-refractivity contribution in [2.45, 2.75) is 20.0 Å². The SMILES string of the molecule is Cc1nn(C)c(N2CCOC(C)C2)c1C(N)=S. The van der Waals surface area contributed by atoms with E-state index < -0.39 is 0 Å². The number of anilines is 1. The number of ether oxygens (including phenoxy) is 1. The van der Waals surface area contributed by atoms with Gasteiger partial charge in [0.25, 0.3) is 0 Å². The highest BCUT2D eigenvalue weighted by Crippen LogP contribution is 2.24. The van der Waals surface area contributed by atoms with Crippen molar-refractivity contribution in [1.82, 2.24) is 9.78 Å². The van der Waals surface area contributed by atoms with Crippen LogP contribution >= 0.6 is 12.2 Å². The lowest BCUT2D eigenvalue weighted by atomic mass is 10.2. The number of aromatic nitrogens is 2. The minimum atomic E-state index is 0.221. The zero-order valence-electron chi connectivity index (χ0n) is 10.4. The summed E-state index contributed by atoms with van der Waals surface area (Å²) in [7, 11) is 1.92. The zero-order valence-corrected chi connectivity index (χ0v) is 11.3. The quantitative estimate of drug-likeness (QED) is 0.783. The third kappa shape index (κ3) is 2.28. The summed E-state index contributed by atoms with van der Waals surface area (Å²) in [5, 5.41) is 4.40. The molecule has 2 N–H and O–H groups in total. The highest BCUT2D eigenvalue weighted by atomic mass is 32.1. The number of morpholine rings is 1. The highest BCUT2D eigenvalue weighted by molar-refractivity contribution is 7.80. The van der Waals surface area contributed by atoms with Gasteiger partial charge in [0.2, 0.25) is 0 Å². The number of rotatable bonds is 2. The fourth-order valence-electron chi connectivity index (χ4n) is 2.31. The van der Waals surface area contributed by atoms with Crippen molar-refractivity contribution in [3.8, 4) is 0 Å². The monoisotopic (exact) mass is 254 g/mol.